The van der Waals surface area contributed by atoms with Crippen molar-refractivity contribution in [3.05, 3.63) is 95.9 Å². The molecule has 0 spiro atoms. The van der Waals surface area contributed by atoms with Gasteiger partial charge >= 0.3 is 5.97 Å². The van der Waals surface area contributed by atoms with Gasteiger partial charge in [0.15, 0.2) is 0 Å². The van der Waals surface area contributed by atoms with Gasteiger partial charge in [-0.1, -0.05) is 42.5 Å². The van der Waals surface area contributed by atoms with E-state index in [0.717, 1.165) is 22.6 Å². The largest absolute Gasteiger partial charge is 0.493 e. The van der Waals surface area contributed by atoms with Gasteiger partial charge in [0.25, 0.3) is 0 Å². The molecule has 6 heteroatoms. The molecule has 0 fully saturated rings. The highest BCUT2D eigenvalue weighted by atomic mass is 16.5. The standard InChI is InChI=1S/C27H25NO5/c1-19-24(28-27(32-19)21-8-4-2-5-9-21)16-17-31-23-14-12-20(13-15-26(29)30)25(18-23)33-22-10-6-3-7-11-22/h2-12,14,18H,13,15-17H2,1H3,(H,29,30). The lowest BCUT2D eigenvalue weighted by Gasteiger charge is -2.13. The number of aryl methyl sites for hydroxylation is 2. The maximum absolute atomic E-state index is 11.0. The Balaban J connectivity index is 1.44. The molecule has 0 saturated heterocycles. The average molecular weight is 443 g/mol. The van der Waals surface area contributed by atoms with Crippen LogP contribution >= 0.6 is 0 Å². The predicted octanol–water partition coefficient (Wildman–Crippen LogP) is 6.08. The SMILES string of the molecule is Cc1oc(-c2ccccc2)nc1CCOc1ccc(CCC(=O)O)c(Oc2ccccc2)c1. The van der Waals surface area contributed by atoms with Crippen molar-refractivity contribution in [1.82, 2.24) is 4.98 Å². The summed E-state index contributed by atoms with van der Waals surface area (Å²) in [6.07, 6.45) is 0.997. The minimum atomic E-state index is -0.848. The minimum Gasteiger partial charge on any atom is -0.493 e. The van der Waals surface area contributed by atoms with Crippen molar-refractivity contribution in [3.8, 4) is 28.7 Å². The number of hydrogen-bond acceptors (Lipinski definition) is 5. The van der Waals surface area contributed by atoms with Crippen LogP contribution in [0.2, 0.25) is 0 Å². The number of carbonyl (C=O) groups is 1. The van der Waals surface area contributed by atoms with E-state index in [9.17, 15) is 4.79 Å². The van der Waals surface area contributed by atoms with Crippen LogP contribution in [0.1, 0.15) is 23.4 Å². The first kappa shape index (κ1) is 22.1. The van der Waals surface area contributed by atoms with E-state index in [1.54, 1.807) is 6.07 Å². The zero-order chi connectivity index (χ0) is 23.0. The lowest BCUT2D eigenvalue weighted by atomic mass is 10.1. The van der Waals surface area contributed by atoms with Crippen LogP contribution in [0.15, 0.2) is 83.3 Å². The molecule has 1 heterocycles. The lowest BCUT2D eigenvalue weighted by Crippen LogP contribution is -2.04. The molecular formula is C27H25NO5. The molecule has 33 heavy (non-hydrogen) atoms. The minimum absolute atomic E-state index is 0.0283. The third kappa shape index (κ3) is 6.01. The van der Waals surface area contributed by atoms with Crippen LogP contribution in [0.3, 0.4) is 0 Å². The van der Waals surface area contributed by atoms with Gasteiger partial charge in [-0.05, 0) is 49.2 Å². The number of oxazole rings is 1. The number of para-hydroxylation sites is 1. The highest BCUT2D eigenvalue weighted by Crippen LogP contribution is 2.31. The van der Waals surface area contributed by atoms with Crippen molar-refractivity contribution in [3.63, 3.8) is 0 Å². The topological polar surface area (TPSA) is 81.8 Å². The van der Waals surface area contributed by atoms with E-state index in [2.05, 4.69) is 4.98 Å². The number of aromatic nitrogens is 1. The lowest BCUT2D eigenvalue weighted by molar-refractivity contribution is -0.136. The predicted molar refractivity (Wildman–Crippen MR) is 125 cm³/mol. The van der Waals surface area contributed by atoms with Gasteiger partial charge in [-0.15, -0.1) is 0 Å². The molecule has 3 aromatic carbocycles. The third-order valence-electron chi connectivity index (χ3n) is 5.14. The number of aliphatic carboxylic acids is 1. The van der Waals surface area contributed by atoms with Crippen LogP contribution < -0.4 is 9.47 Å². The molecule has 4 aromatic rings. The first-order chi connectivity index (χ1) is 16.1. The second-order valence-electron chi connectivity index (χ2n) is 7.56. The van der Waals surface area contributed by atoms with E-state index >= 15 is 0 Å². The van der Waals surface area contributed by atoms with Crippen molar-refractivity contribution in [2.24, 2.45) is 0 Å². The quantitative estimate of drug-likeness (QED) is 0.320. The van der Waals surface area contributed by atoms with E-state index in [4.69, 9.17) is 19.0 Å². The smallest absolute Gasteiger partial charge is 0.303 e. The molecule has 168 valence electrons. The van der Waals surface area contributed by atoms with Crippen LogP contribution in [0.25, 0.3) is 11.5 Å². The zero-order valence-corrected chi connectivity index (χ0v) is 18.4. The van der Waals surface area contributed by atoms with E-state index in [1.165, 1.54) is 0 Å². The molecule has 0 bridgehead atoms. The van der Waals surface area contributed by atoms with Gasteiger partial charge < -0.3 is 19.0 Å². The van der Waals surface area contributed by atoms with Crippen LogP contribution in [0.4, 0.5) is 0 Å². The fourth-order valence-corrected chi connectivity index (χ4v) is 3.41. The summed E-state index contributed by atoms with van der Waals surface area (Å²) in [6.45, 7) is 2.32. The van der Waals surface area contributed by atoms with Crippen molar-refractivity contribution in [2.45, 2.75) is 26.2 Å². The second-order valence-corrected chi connectivity index (χ2v) is 7.56. The van der Waals surface area contributed by atoms with Crippen molar-refractivity contribution >= 4 is 5.97 Å². The summed E-state index contributed by atoms with van der Waals surface area (Å²) >= 11 is 0. The Morgan fingerprint density at radius 3 is 2.39 bits per heavy atom. The first-order valence-electron chi connectivity index (χ1n) is 10.8. The first-order valence-corrected chi connectivity index (χ1v) is 10.8. The molecule has 0 aliphatic rings. The summed E-state index contributed by atoms with van der Waals surface area (Å²) in [6, 6.07) is 24.7. The maximum Gasteiger partial charge on any atom is 0.303 e. The maximum atomic E-state index is 11.0. The Labute approximate surface area is 192 Å². The van der Waals surface area contributed by atoms with Gasteiger partial charge in [0.1, 0.15) is 23.0 Å². The van der Waals surface area contributed by atoms with Crippen LogP contribution in [-0.4, -0.2) is 22.7 Å². The van der Waals surface area contributed by atoms with Gasteiger partial charge in [-0.3, -0.25) is 4.79 Å². The van der Waals surface area contributed by atoms with E-state index in [1.807, 2.05) is 79.7 Å². The van der Waals surface area contributed by atoms with Crippen LogP contribution in [0, 0.1) is 6.92 Å². The normalized spacial score (nSPS) is 10.7. The van der Waals surface area contributed by atoms with Gasteiger partial charge in [-0.2, -0.15) is 0 Å². The number of rotatable bonds is 10. The summed E-state index contributed by atoms with van der Waals surface area (Å²) in [5.41, 5.74) is 2.61. The monoisotopic (exact) mass is 443 g/mol. The number of carboxylic acid groups (broad SMARTS) is 1. The van der Waals surface area contributed by atoms with Crippen LogP contribution in [0.5, 0.6) is 17.2 Å². The van der Waals surface area contributed by atoms with Crippen molar-refractivity contribution in [2.75, 3.05) is 6.61 Å². The molecule has 0 aliphatic carbocycles. The number of hydrogen-bond donors (Lipinski definition) is 1. The second kappa shape index (κ2) is 10.5. The Morgan fingerprint density at radius 1 is 0.939 bits per heavy atom. The molecule has 0 atom stereocenters. The summed E-state index contributed by atoms with van der Waals surface area (Å²) in [5, 5.41) is 9.05. The molecule has 6 nitrogen and oxygen atoms in total. The Kier molecular flexibility index (Phi) is 7.05. The molecule has 1 N–H and O–H groups in total. The molecule has 0 amide bonds. The molecule has 0 unspecified atom stereocenters. The fraction of sp³-hybridized carbons (Fsp3) is 0.185. The summed E-state index contributed by atoms with van der Waals surface area (Å²) < 4.78 is 17.8. The van der Waals surface area contributed by atoms with E-state index in [0.29, 0.717) is 42.6 Å². The molecular weight excluding hydrogens is 418 g/mol. The fourth-order valence-electron chi connectivity index (χ4n) is 3.41. The Morgan fingerprint density at radius 2 is 1.67 bits per heavy atom. The van der Waals surface area contributed by atoms with Crippen molar-refractivity contribution < 1.29 is 23.8 Å². The molecule has 1 aromatic heterocycles. The van der Waals surface area contributed by atoms with E-state index < -0.39 is 5.97 Å². The Bertz CT molecular complexity index is 1200. The summed E-state index contributed by atoms with van der Waals surface area (Å²) in [7, 11) is 0. The molecule has 0 radical (unpaired) electrons. The molecule has 4 rings (SSSR count). The molecule has 0 aliphatic heterocycles. The van der Waals surface area contributed by atoms with Crippen molar-refractivity contribution in [1.29, 1.82) is 0 Å². The summed E-state index contributed by atoms with van der Waals surface area (Å²) in [4.78, 5) is 15.6. The summed E-state index contributed by atoms with van der Waals surface area (Å²) in [5.74, 6) is 2.43. The van der Waals surface area contributed by atoms with Crippen LogP contribution in [-0.2, 0) is 17.6 Å². The highest BCUT2D eigenvalue weighted by Gasteiger charge is 2.13. The van der Waals surface area contributed by atoms with Gasteiger partial charge in [0, 0.05) is 24.5 Å². The number of benzene rings is 3. The zero-order valence-electron chi connectivity index (χ0n) is 18.4. The highest BCUT2D eigenvalue weighted by molar-refractivity contribution is 5.67. The van der Waals surface area contributed by atoms with Gasteiger partial charge in [-0.25, -0.2) is 4.98 Å². The number of carboxylic acids is 1. The van der Waals surface area contributed by atoms with Gasteiger partial charge in [0.05, 0.1) is 12.3 Å². The third-order valence-corrected chi connectivity index (χ3v) is 5.14. The number of ether oxygens (including phenoxy) is 2. The van der Waals surface area contributed by atoms with E-state index in [-0.39, 0.29) is 6.42 Å². The number of nitrogens with zero attached hydrogens (tertiary/aromatic N) is 1. The Hall–Kier alpha value is -4.06. The van der Waals surface area contributed by atoms with Gasteiger partial charge in [0.2, 0.25) is 5.89 Å². The average Bonchev–Trinajstić information content (AvgIpc) is 3.20. The molecule has 0 saturated carbocycles.